The molecule has 0 spiro atoms. The summed E-state index contributed by atoms with van der Waals surface area (Å²) >= 11 is 1.65. The van der Waals surface area contributed by atoms with Gasteiger partial charge in [-0.25, -0.2) is 4.98 Å². The Bertz CT molecular complexity index is 1110. The van der Waals surface area contributed by atoms with Gasteiger partial charge in [-0.15, -0.1) is 11.3 Å². The van der Waals surface area contributed by atoms with Crippen molar-refractivity contribution in [1.82, 2.24) is 14.3 Å². The Kier molecular flexibility index (Phi) is 4.94. The van der Waals surface area contributed by atoms with Crippen LogP contribution in [0.4, 0.5) is 5.69 Å². The number of carbonyl (C=O) groups excluding carboxylic acids is 2. The molecule has 1 atom stereocenters. The van der Waals surface area contributed by atoms with E-state index in [1.54, 1.807) is 21.1 Å². The minimum absolute atomic E-state index is 0.00691. The van der Waals surface area contributed by atoms with Crippen molar-refractivity contribution in [2.75, 3.05) is 18.5 Å². The van der Waals surface area contributed by atoms with Crippen molar-refractivity contribution in [2.45, 2.75) is 40.7 Å². The zero-order valence-electron chi connectivity index (χ0n) is 17.5. The molecular weight excluding hydrogens is 384 g/mol. The molecule has 1 saturated heterocycles. The van der Waals surface area contributed by atoms with E-state index >= 15 is 0 Å². The molecule has 4 rings (SSSR count). The Balaban J connectivity index is 1.51. The molecule has 1 fully saturated rings. The Morgan fingerprint density at radius 1 is 1.28 bits per heavy atom. The summed E-state index contributed by atoms with van der Waals surface area (Å²) < 4.78 is 2.07. The quantitative estimate of drug-likeness (QED) is 0.660. The van der Waals surface area contributed by atoms with Gasteiger partial charge in [0, 0.05) is 36.8 Å². The zero-order chi connectivity index (χ0) is 20.9. The minimum Gasteiger partial charge on any atom is -0.340 e. The van der Waals surface area contributed by atoms with Crippen LogP contribution in [0, 0.1) is 33.6 Å². The molecule has 0 aliphatic carbocycles. The van der Waals surface area contributed by atoms with E-state index in [0.717, 1.165) is 33.2 Å². The highest BCUT2D eigenvalue weighted by atomic mass is 32.1. The topological polar surface area (TPSA) is 57.9 Å². The predicted octanol–water partition coefficient (Wildman–Crippen LogP) is 3.64. The Labute approximate surface area is 174 Å². The highest BCUT2D eigenvalue weighted by molar-refractivity contribution is 7.17. The second kappa shape index (κ2) is 7.30. The second-order valence-electron chi connectivity index (χ2n) is 7.96. The summed E-state index contributed by atoms with van der Waals surface area (Å²) in [5.74, 6) is -0.297. The van der Waals surface area contributed by atoms with Crippen molar-refractivity contribution in [1.29, 1.82) is 0 Å². The van der Waals surface area contributed by atoms with Crippen molar-refractivity contribution in [2.24, 2.45) is 5.92 Å². The van der Waals surface area contributed by atoms with E-state index in [1.807, 2.05) is 46.0 Å². The summed E-state index contributed by atoms with van der Waals surface area (Å²) in [6, 6.07) is 5.96. The van der Waals surface area contributed by atoms with Crippen LogP contribution in [-0.2, 0) is 16.1 Å². The Morgan fingerprint density at radius 2 is 2.03 bits per heavy atom. The van der Waals surface area contributed by atoms with Crippen LogP contribution >= 0.6 is 11.3 Å². The molecule has 1 aliphatic rings. The fourth-order valence-corrected chi connectivity index (χ4v) is 4.94. The standard InChI is InChI=1S/C22H26N4O2S/c1-13-7-6-8-18(15(13)3)25-11-17(9-20(25)27)21(28)24(5)12-19-16(4)23-22-26(19)10-14(2)29-22/h6-8,10,17H,9,11-12H2,1-5H3. The number of hydrogen-bond acceptors (Lipinski definition) is 4. The van der Waals surface area contributed by atoms with E-state index in [1.165, 1.54) is 4.88 Å². The molecule has 1 aliphatic heterocycles. The van der Waals surface area contributed by atoms with Crippen LogP contribution in [0.15, 0.2) is 24.4 Å². The van der Waals surface area contributed by atoms with Gasteiger partial charge in [0.25, 0.3) is 0 Å². The maximum absolute atomic E-state index is 13.1. The normalized spacial score (nSPS) is 16.8. The van der Waals surface area contributed by atoms with Gasteiger partial charge < -0.3 is 9.80 Å². The van der Waals surface area contributed by atoms with Crippen LogP contribution in [-0.4, -0.2) is 39.7 Å². The van der Waals surface area contributed by atoms with Gasteiger partial charge in [-0.1, -0.05) is 12.1 Å². The maximum atomic E-state index is 13.1. The predicted molar refractivity (Wildman–Crippen MR) is 115 cm³/mol. The number of rotatable bonds is 4. The van der Waals surface area contributed by atoms with Crippen LogP contribution in [0.1, 0.15) is 33.8 Å². The van der Waals surface area contributed by atoms with Crippen molar-refractivity contribution in [3.8, 4) is 0 Å². The summed E-state index contributed by atoms with van der Waals surface area (Å²) in [6.45, 7) is 9.01. The molecule has 3 heterocycles. The molecule has 29 heavy (non-hydrogen) atoms. The zero-order valence-corrected chi connectivity index (χ0v) is 18.3. The lowest BCUT2D eigenvalue weighted by molar-refractivity contribution is -0.135. The molecule has 3 aromatic rings. The summed E-state index contributed by atoms with van der Waals surface area (Å²) in [5, 5.41) is 0. The van der Waals surface area contributed by atoms with Crippen LogP contribution in [0.25, 0.3) is 4.96 Å². The van der Waals surface area contributed by atoms with Gasteiger partial charge in [0.05, 0.1) is 23.9 Å². The third-order valence-corrected chi connectivity index (χ3v) is 6.74. The first-order valence-corrected chi connectivity index (χ1v) is 10.6. The number of thiazole rings is 1. The third-order valence-electron chi connectivity index (χ3n) is 5.85. The molecule has 152 valence electrons. The average Bonchev–Trinajstić information content (AvgIpc) is 3.30. The van der Waals surface area contributed by atoms with E-state index < -0.39 is 0 Å². The smallest absolute Gasteiger partial charge is 0.228 e. The van der Waals surface area contributed by atoms with Crippen molar-refractivity contribution < 1.29 is 9.59 Å². The van der Waals surface area contributed by atoms with Crippen LogP contribution < -0.4 is 4.90 Å². The van der Waals surface area contributed by atoms with Gasteiger partial charge in [0.2, 0.25) is 11.8 Å². The lowest BCUT2D eigenvalue weighted by atomic mass is 10.1. The SMILES string of the molecule is Cc1cn2c(CN(C)C(=O)C3CC(=O)N(c4cccc(C)c4C)C3)c(C)nc2s1. The number of carbonyl (C=O) groups is 2. The maximum Gasteiger partial charge on any atom is 0.228 e. The number of aryl methyl sites for hydroxylation is 3. The van der Waals surface area contributed by atoms with Gasteiger partial charge in [0.15, 0.2) is 4.96 Å². The first kappa shape index (κ1) is 19.6. The third kappa shape index (κ3) is 3.44. The monoisotopic (exact) mass is 410 g/mol. The van der Waals surface area contributed by atoms with Gasteiger partial charge in [-0.2, -0.15) is 0 Å². The highest BCUT2D eigenvalue weighted by Gasteiger charge is 2.37. The number of benzene rings is 1. The number of hydrogen-bond donors (Lipinski definition) is 0. The van der Waals surface area contributed by atoms with E-state index in [-0.39, 0.29) is 24.2 Å². The number of fused-ring (bicyclic) bond motifs is 1. The van der Waals surface area contributed by atoms with Crippen molar-refractivity contribution in [3.63, 3.8) is 0 Å². The molecule has 1 aromatic carbocycles. The molecule has 2 aromatic heterocycles. The fourth-order valence-electron chi connectivity index (χ4n) is 4.05. The number of imidazole rings is 1. The van der Waals surface area contributed by atoms with Crippen LogP contribution in [0.2, 0.25) is 0 Å². The first-order chi connectivity index (χ1) is 13.8. The average molecular weight is 411 g/mol. The van der Waals surface area contributed by atoms with Crippen LogP contribution in [0.3, 0.4) is 0 Å². The highest BCUT2D eigenvalue weighted by Crippen LogP contribution is 2.30. The van der Waals surface area contributed by atoms with E-state index in [9.17, 15) is 9.59 Å². The second-order valence-corrected chi connectivity index (χ2v) is 9.17. The number of aromatic nitrogens is 2. The molecule has 2 amide bonds. The Morgan fingerprint density at radius 3 is 2.79 bits per heavy atom. The molecule has 0 radical (unpaired) electrons. The van der Waals surface area contributed by atoms with Crippen molar-refractivity contribution in [3.05, 3.63) is 51.8 Å². The number of anilines is 1. The van der Waals surface area contributed by atoms with E-state index in [4.69, 9.17) is 0 Å². The fraction of sp³-hybridized carbons (Fsp3) is 0.409. The molecule has 6 nitrogen and oxygen atoms in total. The van der Waals surface area contributed by atoms with Crippen molar-refractivity contribution >= 4 is 33.8 Å². The van der Waals surface area contributed by atoms with Gasteiger partial charge in [-0.3, -0.25) is 14.0 Å². The Hall–Kier alpha value is -2.67. The molecule has 0 bridgehead atoms. The summed E-state index contributed by atoms with van der Waals surface area (Å²) in [5.41, 5.74) is 5.11. The molecular formula is C22H26N4O2S. The summed E-state index contributed by atoms with van der Waals surface area (Å²) in [4.78, 5) is 36.0. The molecule has 1 unspecified atom stereocenters. The number of nitrogens with zero attached hydrogens (tertiary/aromatic N) is 4. The molecule has 0 saturated carbocycles. The van der Waals surface area contributed by atoms with Gasteiger partial charge in [0.1, 0.15) is 0 Å². The lowest BCUT2D eigenvalue weighted by Gasteiger charge is -2.22. The summed E-state index contributed by atoms with van der Waals surface area (Å²) in [6.07, 6.45) is 2.32. The minimum atomic E-state index is -0.319. The van der Waals surface area contributed by atoms with Gasteiger partial charge >= 0.3 is 0 Å². The van der Waals surface area contributed by atoms with E-state index in [2.05, 4.69) is 22.5 Å². The van der Waals surface area contributed by atoms with E-state index in [0.29, 0.717) is 13.1 Å². The molecule has 7 heteroatoms. The summed E-state index contributed by atoms with van der Waals surface area (Å²) in [7, 11) is 1.81. The largest absolute Gasteiger partial charge is 0.340 e. The number of amides is 2. The van der Waals surface area contributed by atoms with Gasteiger partial charge in [-0.05, 0) is 44.9 Å². The lowest BCUT2D eigenvalue weighted by Crippen LogP contribution is -2.35. The first-order valence-electron chi connectivity index (χ1n) is 9.81. The molecule has 0 N–H and O–H groups in total. The van der Waals surface area contributed by atoms with Crippen LogP contribution in [0.5, 0.6) is 0 Å².